The molecule has 0 amide bonds. The maximum atomic E-state index is 6.10. The third-order valence-electron chi connectivity index (χ3n) is 4.91. The molecule has 1 saturated carbocycles. The molecule has 1 unspecified atom stereocenters. The molecule has 0 aromatic heterocycles. The van der Waals surface area contributed by atoms with E-state index in [0.717, 1.165) is 24.5 Å². The number of methoxy groups -OCH3 is 1. The Morgan fingerprint density at radius 1 is 1.29 bits per heavy atom. The summed E-state index contributed by atoms with van der Waals surface area (Å²) >= 11 is 0. The normalized spacial score (nSPS) is 24.2. The molecular formula is C17H25NO3. The number of nitrogens with two attached hydrogens (primary N) is 1. The quantitative estimate of drug-likeness (QED) is 0.906. The van der Waals surface area contributed by atoms with E-state index in [1.165, 1.54) is 31.2 Å². The number of ether oxygens (including phenoxy) is 3. The lowest BCUT2D eigenvalue weighted by molar-refractivity contribution is 0.138. The average molecular weight is 291 g/mol. The summed E-state index contributed by atoms with van der Waals surface area (Å²) in [5.74, 6) is 1.61. The Morgan fingerprint density at radius 2 is 2.10 bits per heavy atom. The minimum Gasteiger partial charge on any atom is -0.493 e. The van der Waals surface area contributed by atoms with E-state index in [-0.39, 0.29) is 11.5 Å². The lowest BCUT2D eigenvalue weighted by Crippen LogP contribution is -2.32. The van der Waals surface area contributed by atoms with Gasteiger partial charge in [-0.2, -0.15) is 0 Å². The maximum Gasteiger partial charge on any atom is 0.161 e. The van der Waals surface area contributed by atoms with Gasteiger partial charge in [-0.25, -0.2) is 0 Å². The second-order valence-electron chi connectivity index (χ2n) is 6.16. The average Bonchev–Trinajstić information content (AvgIpc) is 3.19. The van der Waals surface area contributed by atoms with Crippen molar-refractivity contribution >= 4 is 0 Å². The second-order valence-corrected chi connectivity index (χ2v) is 6.16. The van der Waals surface area contributed by atoms with Crippen LogP contribution in [0.25, 0.3) is 0 Å². The van der Waals surface area contributed by atoms with Crippen LogP contribution in [0.2, 0.25) is 0 Å². The van der Waals surface area contributed by atoms with E-state index in [4.69, 9.17) is 19.9 Å². The lowest BCUT2D eigenvalue weighted by Gasteiger charge is -2.29. The SMILES string of the molecule is COc1ccc(C2(CN)CCCC2)cc1OC1CCOC1. The van der Waals surface area contributed by atoms with Crippen molar-refractivity contribution < 1.29 is 14.2 Å². The lowest BCUT2D eigenvalue weighted by atomic mass is 9.79. The fourth-order valence-corrected chi connectivity index (χ4v) is 3.55. The Kier molecular flexibility index (Phi) is 4.36. The van der Waals surface area contributed by atoms with Crippen molar-refractivity contribution in [2.24, 2.45) is 5.73 Å². The van der Waals surface area contributed by atoms with E-state index in [2.05, 4.69) is 12.1 Å². The van der Waals surface area contributed by atoms with Crippen LogP contribution in [-0.4, -0.2) is 33.0 Å². The molecule has 1 aliphatic carbocycles. The van der Waals surface area contributed by atoms with E-state index >= 15 is 0 Å². The zero-order valence-corrected chi connectivity index (χ0v) is 12.8. The van der Waals surface area contributed by atoms with Crippen LogP contribution >= 0.6 is 0 Å². The molecule has 2 fully saturated rings. The second kappa shape index (κ2) is 6.24. The first-order valence-corrected chi connectivity index (χ1v) is 7.90. The van der Waals surface area contributed by atoms with Gasteiger partial charge in [0.05, 0.1) is 20.3 Å². The van der Waals surface area contributed by atoms with E-state index in [1.807, 2.05) is 6.07 Å². The van der Waals surface area contributed by atoms with Gasteiger partial charge in [0.1, 0.15) is 6.10 Å². The van der Waals surface area contributed by atoms with Gasteiger partial charge in [-0.15, -0.1) is 0 Å². The Balaban J connectivity index is 1.88. The zero-order chi connectivity index (χ0) is 14.7. The molecule has 1 saturated heterocycles. The zero-order valence-electron chi connectivity index (χ0n) is 12.8. The predicted molar refractivity (Wildman–Crippen MR) is 82.0 cm³/mol. The number of hydrogen-bond acceptors (Lipinski definition) is 4. The summed E-state index contributed by atoms with van der Waals surface area (Å²) in [4.78, 5) is 0. The van der Waals surface area contributed by atoms with Crippen molar-refractivity contribution in [3.63, 3.8) is 0 Å². The Morgan fingerprint density at radius 3 is 2.71 bits per heavy atom. The molecule has 1 heterocycles. The number of hydrogen-bond donors (Lipinski definition) is 1. The molecule has 116 valence electrons. The van der Waals surface area contributed by atoms with Crippen LogP contribution in [0.15, 0.2) is 18.2 Å². The summed E-state index contributed by atoms with van der Waals surface area (Å²) in [6.45, 7) is 2.14. The van der Waals surface area contributed by atoms with E-state index in [1.54, 1.807) is 7.11 Å². The van der Waals surface area contributed by atoms with Crippen LogP contribution in [0.4, 0.5) is 0 Å². The van der Waals surface area contributed by atoms with E-state index in [9.17, 15) is 0 Å². The minimum absolute atomic E-state index is 0.122. The summed E-state index contributed by atoms with van der Waals surface area (Å²) < 4.78 is 16.9. The van der Waals surface area contributed by atoms with Gasteiger partial charge in [0.2, 0.25) is 0 Å². The van der Waals surface area contributed by atoms with Crippen molar-refractivity contribution in [2.45, 2.75) is 43.6 Å². The molecule has 1 aromatic carbocycles. The number of benzene rings is 1. The van der Waals surface area contributed by atoms with Gasteiger partial charge in [-0.1, -0.05) is 18.9 Å². The minimum atomic E-state index is 0.122. The molecule has 2 aliphatic rings. The van der Waals surface area contributed by atoms with Crippen LogP contribution in [0.3, 0.4) is 0 Å². The third-order valence-corrected chi connectivity index (χ3v) is 4.91. The topological polar surface area (TPSA) is 53.7 Å². The van der Waals surface area contributed by atoms with Crippen molar-refractivity contribution in [3.05, 3.63) is 23.8 Å². The van der Waals surface area contributed by atoms with Gasteiger partial charge in [0.25, 0.3) is 0 Å². The van der Waals surface area contributed by atoms with Crippen molar-refractivity contribution in [2.75, 3.05) is 26.9 Å². The fraction of sp³-hybridized carbons (Fsp3) is 0.647. The van der Waals surface area contributed by atoms with Crippen LogP contribution in [0.1, 0.15) is 37.7 Å². The molecule has 3 rings (SSSR count). The molecule has 1 atom stereocenters. The van der Waals surface area contributed by atoms with Crippen LogP contribution < -0.4 is 15.2 Å². The molecule has 1 aromatic rings. The Labute approximate surface area is 126 Å². The monoisotopic (exact) mass is 291 g/mol. The molecule has 2 N–H and O–H groups in total. The summed E-state index contributed by atoms with van der Waals surface area (Å²) in [6.07, 6.45) is 5.93. The number of rotatable bonds is 5. The highest BCUT2D eigenvalue weighted by Crippen LogP contribution is 2.43. The molecular weight excluding hydrogens is 266 g/mol. The van der Waals surface area contributed by atoms with Gasteiger partial charge in [-0.3, -0.25) is 0 Å². The maximum absolute atomic E-state index is 6.10. The first-order chi connectivity index (χ1) is 10.3. The molecule has 21 heavy (non-hydrogen) atoms. The molecule has 0 radical (unpaired) electrons. The van der Waals surface area contributed by atoms with Crippen molar-refractivity contribution in [1.29, 1.82) is 0 Å². The van der Waals surface area contributed by atoms with E-state index < -0.39 is 0 Å². The van der Waals surface area contributed by atoms with Gasteiger partial charge < -0.3 is 19.9 Å². The van der Waals surface area contributed by atoms with Gasteiger partial charge >= 0.3 is 0 Å². The highest BCUT2D eigenvalue weighted by molar-refractivity contribution is 5.46. The summed E-state index contributed by atoms with van der Waals surface area (Å²) in [5.41, 5.74) is 7.50. The smallest absolute Gasteiger partial charge is 0.161 e. The highest BCUT2D eigenvalue weighted by atomic mass is 16.6. The highest BCUT2D eigenvalue weighted by Gasteiger charge is 2.35. The van der Waals surface area contributed by atoms with E-state index in [0.29, 0.717) is 13.2 Å². The third kappa shape index (κ3) is 2.87. The summed E-state index contributed by atoms with van der Waals surface area (Å²) in [5, 5.41) is 0. The van der Waals surface area contributed by atoms with Crippen LogP contribution in [0.5, 0.6) is 11.5 Å². The fourth-order valence-electron chi connectivity index (χ4n) is 3.55. The molecule has 1 aliphatic heterocycles. The summed E-state index contributed by atoms with van der Waals surface area (Å²) in [7, 11) is 1.68. The molecule has 0 spiro atoms. The van der Waals surface area contributed by atoms with Crippen LogP contribution in [-0.2, 0) is 10.2 Å². The standard InChI is InChI=1S/C17H25NO3/c1-19-15-5-4-13(17(12-18)7-2-3-8-17)10-16(15)21-14-6-9-20-11-14/h4-5,10,14H,2-3,6-9,11-12,18H2,1H3. The van der Waals surface area contributed by atoms with Crippen molar-refractivity contribution in [1.82, 2.24) is 0 Å². The van der Waals surface area contributed by atoms with Gasteiger partial charge in [0.15, 0.2) is 11.5 Å². The molecule has 4 heteroatoms. The largest absolute Gasteiger partial charge is 0.493 e. The van der Waals surface area contributed by atoms with Crippen LogP contribution in [0, 0.1) is 0 Å². The molecule has 4 nitrogen and oxygen atoms in total. The first-order valence-electron chi connectivity index (χ1n) is 7.90. The predicted octanol–water partition coefficient (Wildman–Crippen LogP) is 2.63. The van der Waals surface area contributed by atoms with Gasteiger partial charge in [0, 0.05) is 18.4 Å². The Hall–Kier alpha value is -1.26. The summed E-state index contributed by atoms with van der Waals surface area (Å²) in [6, 6.07) is 6.29. The first kappa shape index (κ1) is 14.7. The van der Waals surface area contributed by atoms with Crippen molar-refractivity contribution in [3.8, 4) is 11.5 Å². The van der Waals surface area contributed by atoms with Gasteiger partial charge in [-0.05, 0) is 30.5 Å². The molecule has 0 bridgehead atoms. The Bertz CT molecular complexity index is 477.